The number of thiophene rings is 1. The molecule has 78 valence electrons. The first kappa shape index (κ1) is 11.1. The summed E-state index contributed by atoms with van der Waals surface area (Å²) >= 11 is 1.17. The van der Waals surface area contributed by atoms with Crippen molar-refractivity contribution in [1.29, 1.82) is 0 Å². The lowest BCUT2D eigenvalue weighted by Gasteiger charge is -2.19. The molecule has 0 unspecified atom stereocenters. The highest BCUT2D eigenvalue weighted by Gasteiger charge is 2.12. The van der Waals surface area contributed by atoms with Crippen molar-refractivity contribution in [2.75, 3.05) is 0 Å². The van der Waals surface area contributed by atoms with Gasteiger partial charge in [0, 0.05) is 23.5 Å². The van der Waals surface area contributed by atoms with Crippen molar-refractivity contribution < 1.29 is 4.92 Å². The van der Waals surface area contributed by atoms with Gasteiger partial charge in [-0.1, -0.05) is 11.3 Å². The second kappa shape index (κ2) is 4.06. The Hall–Kier alpha value is -0.940. The van der Waals surface area contributed by atoms with E-state index in [9.17, 15) is 10.1 Å². The molecule has 0 aliphatic heterocycles. The highest BCUT2D eigenvalue weighted by Crippen LogP contribution is 2.22. The van der Waals surface area contributed by atoms with Crippen molar-refractivity contribution in [2.24, 2.45) is 0 Å². The standard InChI is InChI=1S/C9H14N2O2S/c1-9(2,3)10-5-7-4-8(11(12)13)14-6-7/h4,6,10H,5H2,1-3H3. The minimum Gasteiger partial charge on any atom is -0.308 e. The Labute approximate surface area is 87.1 Å². The van der Waals surface area contributed by atoms with E-state index in [1.165, 1.54) is 11.3 Å². The normalized spacial score (nSPS) is 11.6. The summed E-state index contributed by atoms with van der Waals surface area (Å²) in [4.78, 5) is 10.1. The van der Waals surface area contributed by atoms with Gasteiger partial charge >= 0.3 is 5.00 Å². The van der Waals surface area contributed by atoms with Gasteiger partial charge < -0.3 is 5.32 Å². The third-order valence-corrected chi connectivity index (χ3v) is 2.57. The van der Waals surface area contributed by atoms with Crippen molar-refractivity contribution in [2.45, 2.75) is 32.9 Å². The van der Waals surface area contributed by atoms with Gasteiger partial charge in [-0.3, -0.25) is 10.1 Å². The van der Waals surface area contributed by atoms with Crippen molar-refractivity contribution >= 4 is 16.3 Å². The molecular formula is C9H14N2O2S. The molecule has 0 aliphatic carbocycles. The topological polar surface area (TPSA) is 55.2 Å². The SMILES string of the molecule is CC(C)(C)NCc1csc([N+](=O)[O-])c1. The van der Waals surface area contributed by atoms with E-state index in [0.29, 0.717) is 6.54 Å². The van der Waals surface area contributed by atoms with Crippen LogP contribution in [0.3, 0.4) is 0 Å². The Morgan fingerprint density at radius 3 is 2.64 bits per heavy atom. The fraction of sp³-hybridized carbons (Fsp3) is 0.556. The molecule has 0 aliphatic rings. The van der Waals surface area contributed by atoms with Crippen LogP contribution in [0.2, 0.25) is 0 Å². The molecule has 0 saturated carbocycles. The Kier molecular flexibility index (Phi) is 3.23. The predicted octanol–water partition coefficient (Wildman–Crippen LogP) is 2.54. The molecule has 5 heteroatoms. The number of nitro groups is 1. The van der Waals surface area contributed by atoms with Crippen LogP contribution < -0.4 is 5.32 Å². The van der Waals surface area contributed by atoms with Gasteiger partial charge in [-0.05, 0) is 26.3 Å². The molecule has 1 N–H and O–H groups in total. The first-order chi connectivity index (χ1) is 6.38. The molecule has 0 saturated heterocycles. The summed E-state index contributed by atoms with van der Waals surface area (Å²) in [7, 11) is 0. The molecule has 0 atom stereocenters. The van der Waals surface area contributed by atoms with Crippen molar-refractivity contribution in [3.8, 4) is 0 Å². The molecule has 1 heterocycles. The average Bonchev–Trinajstić information content (AvgIpc) is 2.47. The zero-order valence-electron chi connectivity index (χ0n) is 8.53. The first-order valence-corrected chi connectivity index (χ1v) is 5.23. The summed E-state index contributed by atoms with van der Waals surface area (Å²) in [5.41, 5.74) is 1.01. The van der Waals surface area contributed by atoms with E-state index in [1.807, 2.05) is 5.38 Å². The highest BCUT2D eigenvalue weighted by atomic mass is 32.1. The Balaban J connectivity index is 2.56. The number of nitrogens with zero attached hydrogens (tertiary/aromatic N) is 1. The lowest BCUT2D eigenvalue weighted by atomic mass is 10.1. The van der Waals surface area contributed by atoms with Crippen molar-refractivity contribution in [3.63, 3.8) is 0 Å². The van der Waals surface area contributed by atoms with Crippen molar-refractivity contribution in [1.82, 2.24) is 5.32 Å². The van der Waals surface area contributed by atoms with Crippen LogP contribution in [0.15, 0.2) is 11.4 Å². The summed E-state index contributed by atoms with van der Waals surface area (Å²) in [5, 5.41) is 15.7. The molecule has 0 bridgehead atoms. The number of rotatable bonds is 3. The first-order valence-electron chi connectivity index (χ1n) is 4.35. The monoisotopic (exact) mass is 214 g/mol. The molecule has 0 fully saturated rings. The van der Waals surface area contributed by atoms with Crippen LogP contribution >= 0.6 is 11.3 Å². The van der Waals surface area contributed by atoms with Gasteiger partial charge in [0.2, 0.25) is 0 Å². The van der Waals surface area contributed by atoms with Gasteiger partial charge in [0.25, 0.3) is 0 Å². The molecule has 0 radical (unpaired) electrons. The van der Waals surface area contributed by atoms with E-state index in [0.717, 1.165) is 5.56 Å². The molecule has 1 rings (SSSR count). The molecule has 0 aromatic carbocycles. The van der Waals surface area contributed by atoms with E-state index >= 15 is 0 Å². The summed E-state index contributed by atoms with van der Waals surface area (Å²) in [6.07, 6.45) is 0. The summed E-state index contributed by atoms with van der Waals surface area (Å²) in [6, 6.07) is 1.61. The molecule has 14 heavy (non-hydrogen) atoms. The number of hydrogen-bond donors (Lipinski definition) is 1. The lowest BCUT2D eigenvalue weighted by Crippen LogP contribution is -2.34. The van der Waals surface area contributed by atoms with Crippen LogP contribution in [0.5, 0.6) is 0 Å². The maximum atomic E-state index is 10.4. The van der Waals surface area contributed by atoms with Crippen LogP contribution in [0.25, 0.3) is 0 Å². The van der Waals surface area contributed by atoms with Gasteiger partial charge in [-0.25, -0.2) is 0 Å². The lowest BCUT2D eigenvalue weighted by molar-refractivity contribution is -0.380. The predicted molar refractivity (Wildman–Crippen MR) is 57.6 cm³/mol. The second-order valence-corrected chi connectivity index (χ2v) is 5.04. The fourth-order valence-corrected chi connectivity index (χ4v) is 1.65. The minimum atomic E-state index is -0.356. The number of hydrogen-bond acceptors (Lipinski definition) is 4. The van der Waals surface area contributed by atoms with E-state index in [1.54, 1.807) is 6.07 Å². The van der Waals surface area contributed by atoms with E-state index < -0.39 is 0 Å². The van der Waals surface area contributed by atoms with E-state index in [-0.39, 0.29) is 15.5 Å². The molecular weight excluding hydrogens is 200 g/mol. The van der Waals surface area contributed by atoms with Gasteiger partial charge in [0.15, 0.2) is 0 Å². The average molecular weight is 214 g/mol. The fourth-order valence-electron chi connectivity index (χ4n) is 0.918. The van der Waals surface area contributed by atoms with E-state index in [4.69, 9.17) is 0 Å². The summed E-state index contributed by atoms with van der Waals surface area (Å²) in [6.45, 7) is 6.86. The molecule has 1 aromatic heterocycles. The molecule has 1 aromatic rings. The van der Waals surface area contributed by atoms with Crippen LogP contribution in [-0.4, -0.2) is 10.5 Å². The zero-order valence-corrected chi connectivity index (χ0v) is 9.35. The van der Waals surface area contributed by atoms with Gasteiger partial charge in [-0.15, -0.1) is 0 Å². The second-order valence-electron chi connectivity index (χ2n) is 4.15. The van der Waals surface area contributed by atoms with Crippen LogP contribution in [0.4, 0.5) is 5.00 Å². The van der Waals surface area contributed by atoms with E-state index in [2.05, 4.69) is 26.1 Å². The maximum Gasteiger partial charge on any atom is 0.324 e. The Morgan fingerprint density at radius 2 is 2.21 bits per heavy atom. The number of nitrogens with one attached hydrogen (secondary N) is 1. The smallest absolute Gasteiger partial charge is 0.308 e. The third-order valence-electron chi connectivity index (χ3n) is 1.64. The van der Waals surface area contributed by atoms with Gasteiger partial charge in [0.05, 0.1) is 4.92 Å². The molecule has 4 nitrogen and oxygen atoms in total. The summed E-state index contributed by atoms with van der Waals surface area (Å²) < 4.78 is 0. The summed E-state index contributed by atoms with van der Waals surface area (Å²) in [5.74, 6) is 0. The Morgan fingerprint density at radius 1 is 1.57 bits per heavy atom. The molecule has 0 spiro atoms. The third kappa shape index (κ3) is 3.43. The largest absolute Gasteiger partial charge is 0.324 e. The Bertz CT molecular complexity index is 328. The van der Waals surface area contributed by atoms with Crippen molar-refractivity contribution in [3.05, 3.63) is 27.1 Å². The van der Waals surface area contributed by atoms with Crippen LogP contribution in [0.1, 0.15) is 26.3 Å². The van der Waals surface area contributed by atoms with Gasteiger partial charge in [0.1, 0.15) is 0 Å². The zero-order chi connectivity index (χ0) is 10.8. The maximum absolute atomic E-state index is 10.4. The van der Waals surface area contributed by atoms with Crippen LogP contribution in [-0.2, 0) is 6.54 Å². The van der Waals surface area contributed by atoms with Crippen LogP contribution in [0, 0.1) is 10.1 Å². The molecule has 0 amide bonds. The quantitative estimate of drug-likeness (QED) is 0.621. The van der Waals surface area contributed by atoms with Gasteiger partial charge in [-0.2, -0.15) is 0 Å². The minimum absolute atomic E-state index is 0.0384. The highest BCUT2D eigenvalue weighted by molar-refractivity contribution is 7.13.